The van der Waals surface area contributed by atoms with Gasteiger partial charge in [0.25, 0.3) is 5.91 Å². The van der Waals surface area contributed by atoms with Crippen molar-refractivity contribution in [3.8, 4) is 5.88 Å². The Morgan fingerprint density at radius 3 is 2.82 bits per heavy atom. The van der Waals surface area contributed by atoms with Crippen LogP contribution in [-0.4, -0.2) is 49.7 Å². The zero-order valence-corrected chi connectivity index (χ0v) is 16.0. The van der Waals surface area contributed by atoms with Crippen molar-refractivity contribution in [3.63, 3.8) is 0 Å². The second-order valence-electron chi connectivity index (χ2n) is 7.14. The number of carbonyl (C=O) groups excluding carboxylic acids is 1. The van der Waals surface area contributed by atoms with Gasteiger partial charge in [0.1, 0.15) is 17.5 Å². The summed E-state index contributed by atoms with van der Waals surface area (Å²) in [6.07, 6.45) is 5.71. The van der Waals surface area contributed by atoms with Gasteiger partial charge < -0.3 is 14.6 Å². The van der Waals surface area contributed by atoms with Crippen LogP contribution in [0.5, 0.6) is 5.88 Å². The lowest BCUT2D eigenvalue weighted by Crippen LogP contribution is -2.31. The summed E-state index contributed by atoms with van der Waals surface area (Å²) in [5.74, 6) is 0.141. The minimum Gasteiger partial charge on any atom is -0.481 e. The maximum Gasteiger partial charge on any atom is 0.255 e. The summed E-state index contributed by atoms with van der Waals surface area (Å²) in [6, 6.07) is 0. The first-order chi connectivity index (χ1) is 13.4. The van der Waals surface area contributed by atoms with E-state index in [9.17, 15) is 9.18 Å². The van der Waals surface area contributed by atoms with Gasteiger partial charge in [0.2, 0.25) is 5.88 Å². The summed E-state index contributed by atoms with van der Waals surface area (Å²) >= 11 is 0. The molecule has 1 N–H and O–H groups in total. The normalized spacial score (nSPS) is 14.9. The summed E-state index contributed by atoms with van der Waals surface area (Å²) in [4.78, 5) is 30.0. The monoisotopic (exact) mass is 384 g/mol. The first-order valence-electron chi connectivity index (χ1n) is 9.04. The Balaban J connectivity index is 1.70. The molecule has 0 bridgehead atoms. The van der Waals surface area contributed by atoms with Crippen molar-refractivity contribution in [3.05, 3.63) is 41.2 Å². The van der Waals surface area contributed by atoms with E-state index in [-0.39, 0.29) is 12.5 Å². The minimum absolute atomic E-state index is 0.0139. The molecule has 0 saturated heterocycles. The van der Waals surface area contributed by atoms with Gasteiger partial charge in [-0.25, -0.2) is 19.3 Å². The number of halogens is 1. The molecule has 1 saturated carbocycles. The average Bonchev–Trinajstić information content (AvgIpc) is 3.32. The highest BCUT2D eigenvalue weighted by atomic mass is 19.1. The number of nitrogens with one attached hydrogen (secondary N) is 1. The number of ether oxygens (including phenoxy) is 1. The Hall–Kier alpha value is -3.10. The third-order valence-electron chi connectivity index (χ3n) is 4.95. The molecule has 3 aromatic rings. The predicted molar refractivity (Wildman–Crippen MR) is 100 cm³/mol. The number of nitrogens with zero attached hydrogens (tertiary/aromatic N) is 5. The lowest BCUT2D eigenvalue weighted by atomic mass is 10.2. The molecule has 3 heterocycles. The number of hydrogen-bond acceptors (Lipinski definition) is 6. The van der Waals surface area contributed by atoms with E-state index in [2.05, 4.69) is 25.3 Å². The number of alkyl halides is 1. The van der Waals surface area contributed by atoms with E-state index in [1.807, 2.05) is 18.4 Å². The Morgan fingerprint density at radius 1 is 1.32 bits per heavy atom. The largest absolute Gasteiger partial charge is 0.481 e. The molecule has 0 spiro atoms. The summed E-state index contributed by atoms with van der Waals surface area (Å²) in [5.41, 5.74) is 2.45. The van der Waals surface area contributed by atoms with Crippen LogP contribution in [0.4, 0.5) is 4.39 Å². The molecule has 0 aromatic carbocycles. The fourth-order valence-corrected chi connectivity index (χ4v) is 3.06. The van der Waals surface area contributed by atoms with Crippen LogP contribution in [0.15, 0.2) is 18.7 Å². The van der Waals surface area contributed by atoms with Crippen LogP contribution < -0.4 is 10.1 Å². The van der Waals surface area contributed by atoms with Crippen LogP contribution in [0, 0.1) is 13.8 Å². The molecule has 3 aromatic heterocycles. The van der Waals surface area contributed by atoms with Gasteiger partial charge in [-0.3, -0.25) is 9.78 Å². The van der Waals surface area contributed by atoms with Crippen LogP contribution in [-0.2, 0) is 6.54 Å². The Morgan fingerprint density at radius 2 is 2.11 bits per heavy atom. The fourth-order valence-electron chi connectivity index (χ4n) is 3.06. The van der Waals surface area contributed by atoms with Gasteiger partial charge in [-0.15, -0.1) is 0 Å². The molecule has 0 unspecified atom stereocenters. The second kappa shape index (κ2) is 6.81. The van der Waals surface area contributed by atoms with E-state index in [0.29, 0.717) is 42.0 Å². The molecule has 0 radical (unpaired) electrons. The van der Waals surface area contributed by atoms with Crippen LogP contribution in [0.3, 0.4) is 0 Å². The molecule has 0 aliphatic heterocycles. The van der Waals surface area contributed by atoms with Gasteiger partial charge in [-0.1, -0.05) is 0 Å². The van der Waals surface area contributed by atoms with Crippen molar-refractivity contribution >= 4 is 17.1 Å². The third-order valence-corrected chi connectivity index (χ3v) is 4.95. The number of aryl methyl sites for hydroxylation is 1. The number of carbonyl (C=O) groups is 1. The Kier molecular flexibility index (Phi) is 4.44. The van der Waals surface area contributed by atoms with Crippen LogP contribution in [0.2, 0.25) is 0 Å². The van der Waals surface area contributed by atoms with Crippen molar-refractivity contribution in [1.82, 2.24) is 29.8 Å². The van der Waals surface area contributed by atoms with Gasteiger partial charge in [0, 0.05) is 18.0 Å². The number of fused-ring (bicyclic) bond motifs is 1. The highest BCUT2D eigenvalue weighted by Gasteiger charge is 2.43. The van der Waals surface area contributed by atoms with E-state index in [0.717, 1.165) is 17.0 Å². The zero-order valence-electron chi connectivity index (χ0n) is 16.0. The molecule has 0 atom stereocenters. The van der Waals surface area contributed by atoms with Crippen LogP contribution in [0.25, 0.3) is 11.2 Å². The van der Waals surface area contributed by atoms with E-state index in [1.165, 1.54) is 6.33 Å². The standard InChI is InChI=1S/C19H21FN6O2/c1-11-6-21-15-13(17(27)22-9-19(20)4-5-19)7-26(16(15)25-11)8-14-12(2)18(28-3)24-10-23-14/h6-7,10H,4-5,8-9H2,1-3H3,(H,22,27). The maximum absolute atomic E-state index is 13.9. The molecule has 9 heteroatoms. The highest BCUT2D eigenvalue weighted by molar-refractivity contribution is 6.04. The van der Waals surface area contributed by atoms with E-state index in [1.54, 1.807) is 19.5 Å². The van der Waals surface area contributed by atoms with Gasteiger partial charge in [-0.05, 0) is 26.7 Å². The molecular weight excluding hydrogens is 363 g/mol. The summed E-state index contributed by atoms with van der Waals surface area (Å²) < 4.78 is 21.0. The third kappa shape index (κ3) is 3.39. The maximum atomic E-state index is 13.9. The topological polar surface area (TPSA) is 94.8 Å². The van der Waals surface area contributed by atoms with Gasteiger partial charge in [0.05, 0.1) is 37.2 Å². The van der Waals surface area contributed by atoms with Crippen molar-refractivity contribution in [1.29, 1.82) is 0 Å². The first-order valence-corrected chi connectivity index (χ1v) is 9.04. The molecule has 146 valence electrons. The lowest BCUT2D eigenvalue weighted by molar-refractivity contribution is 0.0939. The average molecular weight is 384 g/mol. The fraction of sp³-hybridized carbons (Fsp3) is 0.421. The van der Waals surface area contributed by atoms with Crippen molar-refractivity contribution in [2.75, 3.05) is 13.7 Å². The van der Waals surface area contributed by atoms with Crippen molar-refractivity contribution < 1.29 is 13.9 Å². The number of amides is 1. The number of rotatable bonds is 6. The summed E-state index contributed by atoms with van der Waals surface area (Å²) in [7, 11) is 1.55. The highest BCUT2D eigenvalue weighted by Crippen LogP contribution is 2.38. The molecule has 1 aliphatic rings. The SMILES string of the molecule is COc1ncnc(Cn2cc(C(=O)NCC3(F)CC3)c3ncc(C)nc32)c1C. The van der Waals surface area contributed by atoms with Crippen molar-refractivity contribution in [2.45, 2.75) is 38.9 Å². The van der Waals surface area contributed by atoms with Crippen LogP contribution in [0.1, 0.15) is 40.2 Å². The number of hydrogen-bond donors (Lipinski definition) is 1. The Bertz CT molecular complexity index is 1060. The predicted octanol–water partition coefficient (Wildman–Crippen LogP) is 2.13. The second-order valence-corrected chi connectivity index (χ2v) is 7.14. The van der Waals surface area contributed by atoms with Crippen molar-refractivity contribution in [2.24, 2.45) is 0 Å². The molecule has 1 amide bonds. The van der Waals surface area contributed by atoms with Crippen LogP contribution >= 0.6 is 0 Å². The molecule has 8 nitrogen and oxygen atoms in total. The summed E-state index contributed by atoms with van der Waals surface area (Å²) in [6.45, 7) is 4.10. The quantitative estimate of drug-likeness (QED) is 0.700. The number of aromatic nitrogens is 5. The molecule has 4 rings (SSSR count). The molecule has 1 aliphatic carbocycles. The molecule has 1 fully saturated rings. The van der Waals surface area contributed by atoms with E-state index < -0.39 is 5.67 Å². The van der Waals surface area contributed by atoms with Gasteiger partial charge in [0.15, 0.2) is 5.65 Å². The summed E-state index contributed by atoms with van der Waals surface area (Å²) in [5, 5.41) is 2.67. The zero-order chi connectivity index (χ0) is 19.9. The smallest absolute Gasteiger partial charge is 0.255 e. The van der Waals surface area contributed by atoms with E-state index in [4.69, 9.17) is 4.74 Å². The minimum atomic E-state index is -1.26. The van der Waals surface area contributed by atoms with Gasteiger partial charge in [-0.2, -0.15) is 0 Å². The first kappa shape index (κ1) is 18.3. The molecule has 28 heavy (non-hydrogen) atoms. The van der Waals surface area contributed by atoms with E-state index >= 15 is 0 Å². The van der Waals surface area contributed by atoms with Gasteiger partial charge >= 0.3 is 0 Å². The molecular formula is C19H21FN6O2. The Labute approximate surface area is 161 Å². The lowest BCUT2D eigenvalue weighted by Gasteiger charge is -2.09. The number of methoxy groups -OCH3 is 1.